The van der Waals surface area contributed by atoms with E-state index >= 15 is 0 Å². The second kappa shape index (κ2) is 2.16. The van der Waals surface area contributed by atoms with Crippen LogP contribution in [0.15, 0.2) is 0 Å². The Hall–Kier alpha value is -0.250. The Labute approximate surface area is 39.5 Å². The fourth-order valence-corrected chi connectivity index (χ4v) is 0.100. The van der Waals surface area contributed by atoms with Gasteiger partial charge in [0, 0.05) is 0 Å². The zero-order valence-corrected chi connectivity index (χ0v) is 3.34. The van der Waals surface area contributed by atoms with Gasteiger partial charge < -0.3 is 0 Å². The number of alkyl halides is 3. The summed E-state index contributed by atoms with van der Waals surface area (Å²) in [6, 6.07) is 0. The van der Waals surface area contributed by atoms with Crippen LogP contribution in [-0.2, 0) is 0 Å². The first-order valence-corrected chi connectivity index (χ1v) is 1.52. The van der Waals surface area contributed by atoms with Crippen molar-refractivity contribution in [2.24, 2.45) is 0 Å². The normalized spacial score (nSPS) is 12.0. The molecule has 0 fully saturated rings. The zero-order chi connectivity index (χ0) is 5.91. The van der Waals surface area contributed by atoms with Crippen LogP contribution in [0.4, 0.5) is 13.2 Å². The first kappa shape index (κ1) is 6.75. The number of hydrogen-bond donors (Lipinski definition) is 1. The fraction of sp³-hybridized carbons (Fsp3) is 0.667. The van der Waals surface area contributed by atoms with Crippen molar-refractivity contribution in [1.29, 1.82) is 0 Å². The van der Waals surface area contributed by atoms with E-state index in [4.69, 9.17) is 7.05 Å². The molecular formula is C3H3F3N. The summed E-state index contributed by atoms with van der Waals surface area (Å²) in [7, 11) is 5.89. The van der Waals surface area contributed by atoms with Gasteiger partial charge in [-0.3, -0.25) is 5.32 Å². The maximum absolute atomic E-state index is 10.9. The number of rotatable bonds is 1. The van der Waals surface area contributed by atoms with E-state index in [-0.39, 0.29) is 0 Å². The van der Waals surface area contributed by atoms with Gasteiger partial charge >= 0.3 is 6.18 Å². The standard InChI is InChI=1S/C3H3F3N/c1-7-2-3(4,5)6/h7H,2H2. The van der Waals surface area contributed by atoms with Gasteiger partial charge in [-0.15, -0.1) is 0 Å². The molecule has 4 heteroatoms. The smallest absolute Gasteiger partial charge is 0.298 e. The topological polar surface area (TPSA) is 12.0 Å². The largest absolute Gasteiger partial charge is 0.401 e. The predicted octanol–water partition coefficient (Wildman–Crippen LogP) is 0.684. The van der Waals surface area contributed by atoms with E-state index < -0.39 is 12.7 Å². The molecule has 0 aliphatic heterocycles. The highest BCUT2D eigenvalue weighted by molar-refractivity contribution is 4.51. The minimum Gasteiger partial charge on any atom is -0.298 e. The molecule has 0 saturated carbocycles. The van der Waals surface area contributed by atoms with E-state index in [1.54, 1.807) is 0 Å². The Kier molecular flexibility index (Phi) is 2.08. The number of hydrogen-bond acceptors (Lipinski definition) is 1. The van der Waals surface area contributed by atoms with Crippen molar-refractivity contribution in [3.05, 3.63) is 7.05 Å². The third-order valence-corrected chi connectivity index (χ3v) is 0.289. The third kappa shape index (κ3) is 5.75. The second-order valence-corrected chi connectivity index (χ2v) is 0.969. The van der Waals surface area contributed by atoms with E-state index in [1.807, 2.05) is 0 Å². The molecule has 0 unspecified atom stereocenters. The summed E-state index contributed by atoms with van der Waals surface area (Å²) < 4.78 is 32.6. The van der Waals surface area contributed by atoms with Crippen molar-refractivity contribution >= 4 is 0 Å². The summed E-state index contributed by atoms with van der Waals surface area (Å²) >= 11 is 0. The van der Waals surface area contributed by atoms with Crippen molar-refractivity contribution in [3.8, 4) is 0 Å². The van der Waals surface area contributed by atoms with E-state index in [9.17, 15) is 13.2 Å². The maximum Gasteiger partial charge on any atom is 0.401 e. The lowest BCUT2D eigenvalue weighted by molar-refractivity contribution is -0.122. The van der Waals surface area contributed by atoms with E-state index in [2.05, 4.69) is 0 Å². The lowest BCUT2D eigenvalue weighted by Crippen LogP contribution is -2.23. The molecule has 0 aromatic heterocycles. The van der Waals surface area contributed by atoms with Crippen LogP contribution in [0.3, 0.4) is 0 Å². The minimum atomic E-state index is -4.25. The Morgan fingerprint density at radius 2 is 1.86 bits per heavy atom. The van der Waals surface area contributed by atoms with Gasteiger partial charge in [0.2, 0.25) is 0 Å². The van der Waals surface area contributed by atoms with Crippen LogP contribution in [0.1, 0.15) is 0 Å². The van der Waals surface area contributed by atoms with Gasteiger partial charge in [-0.1, -0.05) is 0 Å². The van der Waals surface area contributed by atoms with Crippen LogP contribution in [-0.4, -0.2) is 12.7 Å². The van der Waals surface area contributed by atoms with Crippen molar-refractivity contribution in [3.63, 3.8) is 0 Å². The highest BCUT2D eigenvalue weighted by Crippen LogP contribution is 2.11. The lowest BCUT2D eigenvalue weighted by Gasteiger charge is -2.01. The Morgan fingerprint density at radius 3 is 1.86 bits per heavy atom. The molecule has 41 valence electrons. The molecule has 3 radical (unpaired) electrons. The van der Waals surface area contributed by atoms with Crippen molar-refractivity contribution in [2.75, 3.05) is 6.54 Å². The molecule has 0 aliphatic rings. The molecule has 0 aliphatic carbocycles. The van der Waals surface area contributed by atoms with Gasteiger partial charge in [0.1, 0.15) is 0 Å². The SMILES string of the molecule is [C]NCC(F)(F)F. The number of halogens is 3. The van der Waals surface area contributed by atoms with E-state index in [0.29, 0.717) is 0 Å². The molecule has 7 heavy (non-hydrogen) atoms. The maximum atomic E-state index is 10.9. The Balaban J connectivity index is 3.15. The molecular weight excluding hydrogens is 107 g/mol. The van der Waals surface area contributed by atoms with Gasteiger partial charge in [0.25, 0.3) is 0 Å². The van der Waals surface area contributed by atoms with Gasteiger partial charge in [0.05, 0.1) is 13.6 Å². The average molecular weight is 110 g/mol. The van der Waals surface area contributed by atoms with Gasteiger partial charge in [0.15, 0.2) is 0 Å². The first-order valence-electron chi connectivity index (χ1n) is 1.52. The first-order chi connectivity index (χ1) is 3.06. The van der Waals surface area contributed by atoms with E-state index in [0.717, 1.165) is 0 Å². The van der Waals surface area contributed by atoms with Crippen LogP contribution in [0.5, 0.6) is 0 Å². The molecule has 0 aromatic carbocycles. The lowest BCUT2D eigenvalue weighted by atomic mass is 10.6. The van der Waals surface area contributed by atoms with Crippen LogP contribution in [0, 0.1) is 7.05 Å². The van der Waals surface area contributed by atoms with Crippen molar-refractivity contribution < 1.29 is 13.2 Å². The summed E-state index contributed by atoms with van der Waals surface area (Å²) in [6.07, 6.45) is -4.25. The molecule has 0 heterocycles. The molecule has 0 rings (SSSR count). The highest BCUT2D eigenvalue weighted by atomic mass is 19.4. The summed E-state index contributed by atoms with van der Waals surface area (Å²) in [6.45, 7) is -1.24. The second-order valence-electron chi connectivity index (χ2n) is 0.969. The molecule has 0 saturated heterocycles. The molecule has 0 atom stereocenters. The quantitative estimate of drug-likeness (QED) is 0.523. The van der Waals surface area contributed by atoms with Crippen LogP contribution < -0.4 is 5.32 Å². The average Bonchev–Trinajstić information content (AvgIpc) is 1.30. The van der Waals surface area contributed by atoms with Crippen LogP contribution >= 0.6 is 0 Å². The molecule has 0 spiro atoms. The van der Waals surface area contributed by atoms with Crippen molar-refractivity contribution in [1.82, 2.24) is 5.32 Å². The summed E-state index contributed by atoms with van der Waals surface area (Å²) in [5, 5.41) is 1.23. The summed E-state index contributed by atoms with van der Waals surface area (Å²) in [5.74, 6) is 0. The molecule has 0 bridgehead atoms. The van der Waals surface area contributed by atoms with Gasteiger partial charge in [-0.2, -0.15) is 13.2 Å². The predicted molar refractivity (Wildman–Crippen MR) is 17.3 cm³/mol. The minimum absolute atomic E-state index is 1.23. The molecule has 1 nitrogen and oxygen atoms in total. The zero-order valence-electron chi connectivity index (χ0n) is 3.34. The van der Waals surface area contributed by atoms with Crippen molar-refractivity contribution in [2.45, 2.75) is 6.18 Å². The molecule has 0 amide bonds. The summed E-state index contributed by atoms with van der Waals surface area (Å²) in [5.41, 5.74) is 0. The Morgan fingerprint density at radius 1 is 1.43 bits per heavy atom. The van der Waals surface area contributed by atoms with Gasteiger partial charge in [-0.05, 0) is 0 Å². The van der Waals surface area contributed by atoms with Gasteiger partial charge in [-0.25, -0.2) is 0 Å². The molecule has 0 aromatic rings. The number of nitrogens with one attached hydrogen (secondary N) is 1. The fourth-order valence-electron chi connectivity index (χ4n) is 0.100. The highest BCUT2D eigenvalue weighted by Gasteiger charge is 2.25. The molecule has 1 N–H and O–H groups in total. The third-order valence-electron chi connectivity index (χ3n) is 0.289. The summed E-state index contributed by atoms with van der Waals surface area (Å²) in [4.78, 5) is 0. The van der Waals surface area contributed by atoms with Crippen LogP contribution in [0.25, 0.3) is 0 Å². The Bertz CT molecular complexity index is 48.6. The van der Waals surface area contributed by atoms with Crippen LogP contribution in [0.2, 0.25) is 0 Å². The van der Waals surface area contributed by atoms with E-state index in [1.165, 1.54) is 5.32 Å². The monoisotopic (exact) mass is 110 g/mol.